The summed E-state index contributed by atoms with van der Waals surface area (Å²) in [5.41, 5.74) is 2.85. The topological polar surface area (TPSA) is 76.2 Å². The van der Waals surface area contributed by atoms with Gasteiger partial charge >= 0.3 is 6.03 Å². The first-order valence-corrected chi connectivity index (χ1v) is 13.0. The molecule has 3 aromatic rings. The van der Waals surface area contributed by atoms with Crippen molar-refractivity contribution in [2.75, 3.05) is 20.1 Å². The zero-order chi connectivity index (χ0) is 26.6. The Morgan fingerprint density at radius 1 is 0.947 bits per heavy atom. The van der Waals surface area contributed by atoms with E-state index in [0.29, 0.717) is 24.5 Å². The van der Waals surface area contributed by atoms with Gasteiger partial charge in [-0.2, -0.15) is 5.01 Å². The largest absolute Gasteiger partial charge is 0.333 e. The number of halogens is 1. The second kappa shape index (κ2) is 11.2. The standard InChI is InChI=1S/C29H30ClN5O3/c1-32(29(38)31-17-22-11-6-3-7-12-22)34-20-27(36)35-25(16-21-9-4-2-5-10-21)28(37)33(19-26(34)35)18-23-13-8-14-24(30)15-23/h2-15,25-26H,16-20H2,1H3,(H,31,38)/t25-,26+/m0/s1. The molecule has 2 aliphatic heterocycles. The third-order valence-electron chi connectivity index (χ3n) is 7.07. The van der Waals surface area contributed by atoms with Gasteiger partial charge in [-0.05, 0) is 28.8 Å². The maximum absolute atomic E-state index is 13.8. The van der Waals surface area contributed by atoms with E-state index in [9.17, 15) is 14.4 Å². The van der Waals surface area contributed by atoms with Crippen molar-refractivity contribution in [3.63, 3.8) is 0 Å². The molecule has 2 aliphatic rings. The van der Waals surface area contributed by atoms with Gasteiger partial charge in [-0.15, -0.1) is 0 Å². The molecule has 0 aromatic heterocycles. The van der Waals surface area contributed by atoms with Crippen LogP contribution < -0.4 is 5.32 Å². The number of hydrogen-bond acceptors (Lipinski definition) is 4. The van der Waals surface area contributed by atoms with Crippen molar-refractivity contribution in [2.45, 2.75) is 31.7 Å². The van der Waals surface area contributed by atoms with Gasteiger partial charge < -0.3 is 15.1 Å². The van der Waals surface area contributed by atoms with Crippen LogP contribution in [0.3, 0.4) is 0 Å². The summed E-state index contributed by atoms with van der Waals surface area (Å²) in [6.45, 7) is 1.03. The van der Waals surface area contributed by atoms with Gasteiger partial charge in [0, 0.05) is 31.6 Å². The molecule has 8 nitrogen and oxygen atoms in total. The minimum atomic E-state index is -0.673. The number of carbonyl (C=O) groups excluding carboxylic acids is 3. The number of nitrogens with one attached hydrogen (secondary N) is 1. The fourth-order valence-corrected chi connectivity index (χ4v) is 5.36. The summed E-state index contributed by atoms with van der Waals surface area (Å²) in [6.07, 6.45) is -0.0771. The SMILES string of the molecule is CN(C(=O)NCc1ccccc1)N1CC(=O)N2[C@@H](Cc3ccccc3)C(=O)N(Cc3cccc(Cl)c3)C[C@@H]21. The molecule has 0 unspecified atom stereocenters. The Labute approximate surface area is 227 Å². The third-order valence-corrected chi connectivity index (χ3v) is 7.30. The van der Waals surface area contributed by atoms with Crippen molar-refractivity contribution in [3.05, 3.63) is 107 Å². The molecule has 2 atom stereocenters. The molecule has 2 fully saturated rings. The van der Waals surface area contributed by atoms with Crippen molar-refractivity contribution in [1.82, 2.24) is 25.1 Å². The fraction of sp³-hybridized carbons (Fsp3) is 0.276. The zero-order valence-electron chi connectivity index (χ0n) is 21.2. The highest BCUT2D eigenvalue weighted by atomic mass is 35.5. The number of fused-ring (bicyclic) bond motifs is 1. The maximum Gasteiger partial charge on any atom is 0.332 e. The number of nitrogens with zero attached hydrogens (tertiary/aromatic N) is 4. The molecule has 0 spiro atoms. The average Bonchev–Trinajstić information content (AvgIpc) is 3.26. The van der Waals surface area contributed by atoms with E-state index in [1.54, 1.807) is 27.9 Å². The normalized spacial score (nSPS) is 19.4. The molecule has 9 heteroatoms. The minimum absolute atomic E-state index is 0.0174. The van der Waals surface area contributed by atoms with Crippen LogP contribution in [0.4, 0.5) is 4.79 Å². The molecule has 0 bridgehead atoms. The van der Waals surface area contributed by atoms with Gasteiger partial charge in [0.05, 0.1) is 13.1 Å². The molecule has 0 aliphatic carbocycles. The molecule has 0 saturated carbocycles. The number of benzene rings is 3. The van der Waals surface area contributed by atoms with Gasteiger partial charge in [-0.1, -0.05) is 84.4 Å². The Kier molecular flexibility index (Phi) is 7.62. The van der Waals surface area contributed by atoms with E-state index in [0.717, 1.165) is 16.7 Å². The summed E-state index contributed by atoms with van der Waals surface area (Å²) in [5, 5.41) is 6.73. The molecule has 2 saturated heterocycles. The molecular formula is C29H30ClN5O3. The van der Waals surface area contributed by atoms with Gasteiger partial charge in [0.15, 0.2) is 0 Å². The molecule has 196 valence electrons. The van der Waals surface area contributed by atoms with Crippen LogP contribution in [0.25, 0.3) is 0 Å². The van der Waals surface area contributed by atoms with Gasteiger partial charge in [0.25, 0.3) is 0 Å². The predicted octanol–water partition coefficient (Wildman–Crippen LogP) is 3.52. The van der Waals surface area contributed by atoms with Crippen molar-refractivity contribution in [3.8, 4) is 0 Å². The van der Waals surface area contributed by atoms with Crippen LogP contribution in [0.2, 0.25) is 5.02 Å². The van der Waals surface area contributed by atoms with Crippen molar-refractivity contribution < 1.29 is 14.4 Å². The van der Waals surface area contributed by atoms with E-state index < -0.39 is 12.2 Å². The Hall–Kier alpha value is -3.88. The van der Waals surface area contributed by atoms with Crippen LogP contribution in [0, 0.1) is 0 Å². The summed E-state index contributed by atoms with van der Waals surface area (Å²) in [6, 6.07) is 25.8. The van der Waals surface area contributed by atoms with Crippen molar-refractivity contribution >= 4 is 29.4 Å². The summed E-state index contributed by atoms with van der Waals surface area (Å²) < 4.78 is 0. The second-order valence-electron chi connectivity index (χ2n) is 9.60. The number of carbonyl (C=O) groups is 3. The second-order valence-corrected chi connectivity index (χ2v) is 10.0. The van der Waals surface area contributed by atoms with E-state index >= 15 is 0 Å². The van der Waals surface area contributed by atoms with Gasteiger partial charge in [-0.3, -0.25) is 14.6 Å². The predicted molar refractivity (Wildman–Crippen MR) is 145 cm³/mol. The van der Waals surface area contributed by atoms with E-state index in [2.05, 4.69) is 5.32 Å². The number of hydrazine groups is 1. The maximum atomic E-state index is 13.8. The molecule has 3 aromatic carbocycles. The minimum Gasteiger partial charge on any atom is -0.333 e. The highest BCUT2D eigenvalue weighted by Gasteiger charge is 2.51. The molecule has 38 heavy (non-hydrogen) atoms. The lowest BCUT2D eigenvalue weighted by atomic mass is 10.00. The van der Waals surface area contributed by atoms with Crippen LogP contribution in [-0.2, 0) is 29.1 Å². The molecule has 1 N–H and O–H groups in total. The van der Waals surface area contributed by atoms with E-state index in [-0.39, 0.29) is 30.9 Å². The van der Waals surface area contributed by atoms with Crippen LogP contribution in [0.1, 0.15) is 16.7 Å². The van der Waals surface area contributed by atoms with E-state index in [4.69, 9.17) is 11.6 Å². The summed E-state index contributed by atoms with van der Waals surface area (Å²) >= 11 is 6.20. The molecule has 5 rings (SSSR count). The van der Waals surface area contributed by atoms with Crippen LogP contribution in [0.15, 0.2) is 84.9 Å². The quantitative estimate of drug-likeness (QED) is 0.506. The van der Waals surface area contributed by atoms with Crippen LogP contribution >= 0.6 is 11.6 Å². The first-order valence-electron chi connectivity index (χ1n) is 12.6. The monoisotopic (exact) mass is 531 g/mol. The summed E-state index contributed by atoms with van der Waals surface area (Å²) in [7, 11) is 1.65. The Bertz CT molecular complexity index is 1310. The van der Waals surface area contributed by atoms with E-state index in [1.807, 2.05) is 78.9 Å². The first-order chi connectivity index (χ1) is 18.4. The van der Waals surface area contributed by atoms with Crippen LogP contribution in [-0.4, -0.2) is 70.0 Å². The highest BCUT2D eigenvalue weighted by molar-refractivity contribution is 6.30. The number of piperazine rings is 1. The summed E-state index contributed by atoms with van der Waals surface area (Å²) in [4.78, 5) is 43.6. The van der Waals surface area contributed by atoms with Crippen molar-refractivity contribution in [1.29, 1.82) is 0 Å². The molecule has 2 heterocycles. The number of rotatable bonds is 7. The highest BCUT2D eigenvalue weighted by Crippen LogP contribution is 2.30. The van der Waals surface area contributed by atoms with Crippen molar-refractivity contribution in [2.24, 2.45) is 0 Å². The Morgan fingerprint density at radius 3 is 2.29 bits per heavy atom. The number of amides is 4. The van der Waals surface area contributed by atoms with E-state index in [1.165, 1.54) is 5.01 Å². The van der Waals surface area contributed by atoms with Gasteiger partial charge in [0.2, 0.25) is 11.8 Å². The van der Waals surface area contributed by atoms with Gasteiger partial charge in [0.1, 0.15) is 12.2 Å². The van der Waals surface area contributed by atoms with Crippen LogP contribution in [0.5, 0.6) is 0 Å². The molecule has 0 radical (unpaired) electrons. The average molecular weight is 532 g/mol. The third kappa shape index (κ3) is 5.51. The smallest absolute Gasteiger partial charge is 0.332 e. The lowest BCUT2D eigenvalue weighted by molar-refractivity contribution is -0.157. The Morgan fingerprint density at radius 2 is 1.61 bits per heavy atom. The summed E-state index contributed by atoms with van der Waals surface area (Å²) in [5.74, 6) is -0.286. The first kappa shape index (κ1) is 25.8. The number of hydrogen-bond donors (Lipinski definition) is 1. The number of urea groups is 1. The van der Waals surface area contributed by atoms with Gasteiger partial charge in [-0.25, -0.2) is 4.79 Å². The Balaban J connectivity index is 1.39. The molecule has 4 amide bonds. The zero-order valence-corrected chi connectivity index (χ0v) is 21.9. The molecular weight excluding hydrogens is 502 g/mol. The lowest BCUT2D eigenvalue weighted by Crippen LogP contribution is -2.65. The fourth-order valence-electron chi connectivity index (χ4n) is 5.15. The lowest BCUT2D eigenvalue weighted by Gasteiger charge is -2.45.